The maximum atomic E-state index is 10.9. The van der Waals surface area contributed by atoms with Crippen molar-refractivity contribution in [3.63, 3.8) is 0 Å². The third kappa shape index (κ3) is 1.02. The van der Waals surface area contributed by atoms with Crippen molar-refractivity contribution in [3.8, 4) is 0 Å². The molecule has 0 spiro atoms. The van der Waals surface area contributed by atoms with Crippen LogP contribution in [0.5, 0.6) is 0 Å². The molecule has 0 saturated heterocycles. The third-order valence-corrected chi connectivity index (χ3v) is 2.02. The summed E-state index contributed by atoms with van der Waals surface area (Å²) in [6.07, 6.45) is 1.72. The van der Waals surface area contributed by atoms with E-state index >= 15 is 0 Å². The van der Waals surface area contributed by atoms with Gasteiger partial charge in [-0.15, -0.1) is 0 Å². The van der Waals surface area contributed by atoms with Gasteiger partial charge in [0.15, 0.2) is 0 Å². The zero-order chi connectivity index (χ0) is 8.55. The van der Waals surface area contributed by atoms with E-state index in [0.717, 1.165) is 10.9 Å². The molecule has 0 bridgehead atoms. The molecular weight excluding hydrogens is 170 g/mol. The van der Waals surface area contributed by atoms with Gasteiger partial charge in [-0.25, -0.2) is 0 Å². The Labute approximate surface area is 75.2 Å². The summed E-state index contributed by atoms with van der Waals surface area (Å²) in [5.74, 6) is 0. The van der Waals surface area contributed by atoms with Gasteiger partial charge in [0, 0.05) is 11.6 Å². The number of nitrogens with zero attached hydrogens (tertiary/aromatic N) is 1. The summed E-state index contributed by atoms with van der Waals surface area (Å²) in [4.78, 5) is 10.9. The number of benzene rings is 1. The van der Waals surface area contributed by atoms with E-state index in [-0.39, 0.29) is 5.24 Å². The second kappa shape index (κ2) is 2.68. The lowest BCUT2D eigenvalue weighted by Crippen LogP contribution is -1.98. The van der Waals surface area contributed by atoms with Crippen LogP contribution in [0.3, 0.4) is 0 Å². The Balaban J connectivity index is 2.79. The van der Waals surface area contributed by atoms with Crippen molar-refractivity contribution in [1.29, 1.82) is 0 Å². The largest absolute Gasteiger partial charge is 0.287 e. The number of para-hydroxylation sites is 1. The zero-order valence-corrected chi connectivity index (χ0v) is 7.16. The number of hydrogen-bond acceptors (Lipinski definition) is 1. The maximum Gasteiger partial charge on any atom is 0.287 e. The predicted molar refractivity (Wildman–Crippen MR) is 51.7 cm³/mol. The highest BCUT2D eigenvalue weighted by Gasteiger charge is 2.02. The molecule has 1 heterocycles. The van der Waals surface area contributed by atoms with Gasteiger partial charge in [-0.3, -0.25) is 9.36 Å². The van der Waals surface area contributed by atoms with E-state index in [4.69, 9.17) is 0 Å². The molecule has 2 nitrogen and oxygen atoms in total. The normalized spacial score (nSPS) is 10.4. The number of hydrogen-bond donors (Lipinski definition) is 1. The Morgan fingerprint density at radius 1 is 1.25 bits per heavy atom. The van der Waals surface area contributed by atoms with E-state index < -0.39 is 0 Å². The highest BCUT2D eigenvalue weighted by atomic mass is 32.1. The fourth-order valence-electron chi connectivity index (χ4n) is 1.25. The van der Waals surface area contributed by atoms with E-state index in [1.54, 1.807) is 6.20 Å². The molecule has 1 aromatic carbocycles. The van der Waals surface area contributed by atoms with Gasteiger partial charge in [0.1, 0.15) is 0 Å². The Morgan fingerprint density at radius 3 is 2.75 bits per heavy atom. The molecule has 60 valence electrons. The summed E-state index contributed by atoms with van der Waals surface area (Å²) < 4.78 is 1.51. The first-order chi connectivity index (χ1) is 5.79. The highest BCUT2D eigenvalue weighted by molar-refractivity contribution is 7.96. The molecule has 1 aromatic heterocycles. The number of fused-ring (bicyclic) bond motifs is 1. The van der Waals surface area contributed by atoms with Crippen molar-refractivity contribution in [2.24, 2.45) is 0 Å². The first-order valence-corrected chi connectivity index (χ1v) is 4.03. The van der Waals surface area contributed by atoms with Gasteiger partial charge in [-0.1, -0.05) is 30.8 Å². The number of aromatic nitrogens is 1. The minimum absolute atomic E-state index is 0.254. The van der Waals surface area contributed by atoms with Crippen molar-refractivity contribution < 1.29 is 4.79 Å². The van der Waals surface area contributed by atoms with Crippen LogP contribution in [0.2, 0.25) is 0 Å². The van der Waals surface area contributed by atoms with Crippen molar-refractivity contribution in [2.75, 3.05) is 0 Å². The molecular formula is C9H7NOS. The van der Waals surface area contributed by atoms with E-state index in [1.165, 1.54) is 4.57 Å². The van der Waals surface area contributed by atoms with Gasteiger partial charge in [0.05, 0.1) is 5.52 Å². The summed E-state index contributed by atoms with van der Waals surface area (Å²) in [6.45, 7) is 0. The number of carbonyl (C=O) groups is 1. The molecule has 2 rings (SSSR count). The van der Waals surface area contributed by atoms with E-state index in [1.807, 2.05) is 30.3 Å². The lowest BCUT2D eigenvalue weighted by Gasteiger charge is -1.96. The fourth-order valence-corrected chi connectivity index (χ4v) is 1.42. The maximum absolute atomic E-state index is 10.9. The molecule has 0 aliphatic heterocycles. The van der Waals surface area contributed by atoms with Gasteiger partial charge < -0.3 is 0 Å². The summed E-state index contributed by atoms with van der Waals surface area (Å²) in [7, 11) is 0. The Morgan fingerprint density at radius 2 is 2.00 bits per heavy atom. The summed E-state index contributed by atoms with van der Waals surface area (Å²) in [5, 5.41) is 0.802. The minimum atomic E-state index is -0.254. The SMILES string of the molecule is O=C(S)n1ccc2ccccc21. The molecule has 0 unspecified atom stereocenters. The lowest BCUT2D eigenvalue weighted by molar-refractivity contribution is 0.263. The molecule has 0 radical (unpaired) electrons. The minimum Gasteiger partial charge on any atom is -0.278 e. The molecule has 2 aromatic rings. The molecule has 0 aliphatic carbocycles. The Bertz CT molecular complexity index is 433. The average Bonchev–Trinajstić information content (AvgIpc) is 2.47. The number of rotatable bonds is 0. The molecule has 0 atom stereocenters. The molecule has 0 aliphatic rings. The summed E-state index contributed by atoms with van der Waals surface area (Å²) >= 11 is 3.75. The molecule has 0 fully saturated rings. The topological polar surface area (TPSA) is 22.0 Å². The third-order valence-electron chi connectivity index (χ3n) is 1.81. The fraction of sp³-hybridized carbons (Fsp3) is 0. The number of thiol groups is 1. The van der Waals surface area contributed by atoms with Crippen LogP contribution in [0.25, 0.3) is 10.9 Å². The van der Waals surface area contributed by atoms with E-state index in [0.29, 0.717) is 0 Å². The standard InChI is InChI=1S/C9H7NOS/c11-9(12)10-6-5-7-3-1-2-4-8(7)10/h1-6H,(H,11,12). The van der Waals surface area contributed by atoms with Crippen molar-refractivity contribution in [3.05, 3.63) is 36.5 Å². The zero-order valence-electron chi connectivity index (χ0n) is 6.27. The smallest absolute Gasteiger partial charge is 0.278 e. The van der Waals surface area contributed by atoms with E-state index in [9.17, 15) is 4.79 Å². The quantitative estimate of drug-likeness (QED) is 0.614. The van der Waals surface area contributed by atoms with Gasteiger partial charge in [-0.2, -0.15) is 0 Å². The van der Waals surface area contributed by atoms with Crippen LogP contribution < -0.4 is 0 Å². The van der Waals surface area contributed by atoms with Crippen molar-refractivity contribution in [2.45, 2.75) is 0 Å². The summed E-state index contributed by atoms with van der Waals surface area (Å²) in [6, 6.07) is 9.58. The van der Waals surface area contributed by atoms with Crippen molar-refractivity contribution in [1.82, 2.24) is 4.57 Å². The van der Waals surface area contributed by atoms with Crippen LogP contribution in [0.15, 0.2) is 36.5 Å². The molecule has 12 heavy (non-hydrogen) atoms. The van der Waals surface area contributed by atoms with Crippen LogP contribution in [0, 0.1) is 0 Å². The first kappa shape index (κ1) is 7.43. The van der Waals surface area contributed by atoms with Crippen LogP contribution in [0.4, 0.5) is 4.79 Å². The molecule has 0 saturated carbocycles. The predicted octanol–water partition coefficient (Wildman–Crippen LogP) is 2.54. The molecule has 0 amide bonds. The Hall–Kier alpha value is -1.22. The monoisotopic (exact) mass is 177 g/mol. The highest BCUT2D eigenvalue weighted by Crippen LogP contribution is 2.15. The average molecular weight is 177 g/mol. The van der Waals surface area contributed by atoms with Crippen LogP contribution in [0.1, 0.15) is 0 Å². The lowest BCUT2D eigenvalue weighted by atomic mass is 10.2. The van der Waals surface area contributed by atoms with E-state index in [2.05, 4.69) is 12.6 Å². The van der Waals surface area contributed by atoms with Gasteiger partial charge in [0.25, 0.3) is 5.24 Å². The number of carbonyl (C=O) groups excluding carboxylic acids is 1. The molecule has 3 heteroatoms. The van der Waals surface area contributed by atoms with Crippen LogP contribution >= 0.6 is 12.6 Å². The summed E-state index contributed by atoms with van der Waals surface area (Å²) in [5.41, 5.74) is 0.900. The second-order valence-corrected chi connectivity index (χ2v) is 2.91. The van der Waals surface area contributed by atoms with Gasteiger partial charge >= 0.3 is 0 Å². The van der Waals surface area contributed by atoms with Crippen LogP contribution in [-0.4, -0.2) is 9.81 Å². The van der Waals surface area contributed by atoms with Gasteiger partial charge in [-0.05, 0) is 12.1 Å². The first-order valence-electron chi connectivity index (χ1n) is 3.58. The van der Waals surface area contributed by atoms with Crippen LogP contribution in [-0.2, 0) is 0 Å². The molecule has 0 N–H and O–H groups in total. The van der Waals surface area contributed by atoms with Gasteiger partial charge in [0.2, 0.25) is 0 Å². The Kier molecular flexibility index (Phi) is 1.66. The van der Waals surface area contributed by atoms with Crippen molar-refractivity contribution >= 4 is 28.8 Å². The second-order valence-electron chi connectivity index (χ2n) is 2.53.